The van der Waals surface area contributed by atoms with Gasteiger partial charge >= 0.3 is 6.36 Å². The number of nitrogens with zero attached hydrogens (tertiary/aromatic N) is 4. The van der Waals surface area contributed by atoms with E-state index in [9.17, 15) is 18.0 Å². The molecule has 4 heterocycles. The molecule has 1 N–H and O–H groups in total. The van der Waals surface area contributed by atoms with Crippen molar-refractivity contribution in [3.63, 3.8) is 0 Å². The predicted octanol–water partition coefficient (Wildman–Crippen LogP) is 3.20. The Balaban J connectivity index is 1.29. The Morgan fingerprint density at radius 3 is 2.61 bits per heavy atom. The number of hydrogen-bond donors (Lipinski definition) is 1. The molecule has 2 aliphatic heterocycles. The van der Waals surface area contributed by atoms with E-state index in [1.54, 1.807) is 22.8 Å². The first-order valence-electron chi connectivity index (χ1n) is 11.0. The average Bonchev–Trinajstić information content (AvgIpc) is 3.42. The second-order valence-electron chi connectivity index (χ2n) is 8.55. The van der Waals surface area contributed by atoms with E-state index >= 15 is 0 Å². The summed E-state index contributed by atoms with van der Waals surface area (Å²) in [6.45, 7) is 3.43. The number of likely N-dealkylation sites (tertiary alicyclic amines) is 1. The number of halogens is 3. The fraction of sp³-hybridized carbons (Fsp3) is 0.500. The number of nitrogens with one attached hydrogen (secondary N) is 1. The molecule has 3 aromatic rings. The minimum absolute atomic E-state index is 0.0554. The van der Waals surface area contributed by atoms with Gasteiger partial charge in [0.15, 0.2) is 5.52 Å². The van der Waals surface area contributed by atoms with E-state index in [0.29, 0.717) is 37.6 Å². The molecule has 2 aromatic heterocycles. The first kappa shape index (κ1) is 21.9. The molecule has 1 atom stereocenters. The zero-order valence-electron chi connectivity index (χ0n) is 17.8. The van der Waals surface area contributed by atoms with Crippen molar-refractivity contribution in [2.24, 2.45) is 0 Å². The molecule has 33 heavy (non-hydrogen) atoms. The molecule has 2 saturated heterocycles. The summed E-state index contributed by atoms with van der Waals surface area (Å²) in [5.74, 6) is 1.47. The van der Waals surface area contributed by atoms with Gasteiger partial charge in [0.05, 0.1) is 6.20 Å². The van der Waals surface area contributed by atoms with E-state index in [1.165, 1.54) is 12.1 Å². The van der Waals surface area contributed by atoms with Crippen molar-refractivity contribution in [3.05, 3.63) is 58.0 Å². The van der Waals surface area contributed by atoms with Crippen LogP contribution in [0.3, 0.4) is 0 Å². The van der Waals surface area contributed by atoms with Crippen molar-refractivity contribution >= 4 is 5.52 Å². The molecular weight excluding hydrogens is 439 g/mol. The van der Waals surface area contributed by atoms with Gasteiger partial charge in [0.2, 0.25) is 0 Å². The smallest absolute Gasteiger partial charge is 0.406 e. The van der Waals surface area contributed by atoms with Gasteiger partial charge in [-0.25, -0.2) is 9.50 Å². The van der Waals surface area contributed by atoms with E-state index in [-0.39, 0.29) is 23.1 Å². The Bertz CT molecular complexity index is 1170. The van der Waals surface area contributed by atoms with Gasteiger partial charge in [-0.1, -0.05) is 12.1 Å². The molecule has 0 bridgehead atoms. The van der Waals surface area contributed by atoms with Crippen LogP contribution in [-0.2, 0) is 11.3 Å². The largest absolute Gasteiger partial charge is 0.573 e. The highest BCUT2D eigenvalue weighted by Gasteiger charge is 2.31. The van der Waals surface area contributed by atoms with Crippen molar-refractivity contribution in [2.45, 2.75) is 44.0 Å². The quantitative estimate of drug-likeness (QED) is 0.626. The molecule has 2 fully saturated rings. The van der Waals surface area contributed by atoms with Crippen LogP contribution in [0.2, 0.25) is 0 Å². The second kappa shape index (κ2) is 8.79. The highest BCUT2D eigenvalue weighted by molar-refractivity contribution is 5.42. The summed E-state index contributed by atoms with van der Waals surface area (Å²) < 4.78 is 48.1. The molecule has 8 nitrogen and oxygen atoms in total. The number of fused-ring (bicyclic) bond motifs is 1. The summed E-state index contributed by atoms with van der Waals surface area (Å²) in [6.07, 6.45) is -0.590. The molecule has 2 aliphatic rings. The van der Waals surface area contributed by atoms with Crippen LogP contribution in [0, 0.1) is 0 Å². The molecule has 176 valence electrons. The van der Waals surface area contributed by atoms with Crippen LogP contribution in [0.25, 0.3) is 5.52 Å². The second-order valence-corrected chi connectivity index (χ2v) is 8.55. The molecule has 11 heteroatoms. The standard InChI is InChI=1S/C22H24F3N5O3/c23-22(24,25)33-17-3-1-14(2-4-17)12-29-8-5-16(13-29)19-27-21(31)18-11-26-20(30(18)28-19)15-6-9-32-10-7-15/h1-4,11,15-16H,5-10,12-13H2,(H,27,28,31). The van der Waals surface area contributed by atoms with Crippen LogP contribution in [0.5, 0.6) is 5.75 Å². The highest BCUT2D eigenvalue weighted by atomic mass is 19.4. The van der Waals surface area contributed by atoms with E-state index in [2.05, 4.69) is 19.6 Å². The van der Waals surface area contributed by atoms with Gasteiger partial charge in [0.25, 0.3) is 5.56 Å². The van der Waals surface area contributed by atoms with Crippen LogP contribution < -0.4 is 10.3 Å². The Morgan fingerprint density at radius 1 is 1.12 bits per heavy atom. The van der Waals surface area contributed by atoms with Crippen molar-refractivity contribution in [1.82, 2.24) is 24.5 Å². The van der Waals surface area contributed by atoms with Crippen LogP contribution in [-0.4, -0.2) is 57.1 Å². The lowest BCUT2D eigenvalue weighted by atomic mass is 10.00. The van der Waals surface area contributed by atoms with Gasteiger partial charge in [0, 0.05) is 38.1 Å². The number of aromatic amines is 1. The zero-order valence-corrected chi connectivity index (χ0v) is 17.8. The number of H-pyrrole nitrogens is 1. The van der Waals surface area contributed by atoms with Crippen LogP contribution in [0.4, 0.5) is 13.2 Å². The van der Waals surface area contributed by atoms with Crippen LogP contribution in [0.15, 0.2) is 35.3 Å². The fourth-order valence-corrected chi connectivity index (χ4v) is 4.61. The zero-order chi connectivity index (χ0) is 23.0. The van der Waals surface area contributed by atoms with E-state index in [4.69, 9.17) is 9.84 Å². The van der Waals surface area contributed by atoms with Crippen LogP contribution in [0.1, 0.15) is 48.3 Å². The number of rotatable bonds is 5. The maximum atomic E-state index is 12.7. The van der Waals surface area contributed by atoms with Crippen LogP contribution >= 0.6 is 0 Å². The van der Waals surface area contributed by atoms with Crippen molar-refractivity contribution in [3.8, 4) is 5.75 Å². The summed E-state index contributed by atoms with van der Waals surface area (Å²) in [6, 6.07) is 5.90. The molecule has 0 radical (unpaired) electrons. The summed E-state index contributed by atoms with van der Waals surface area (Å²) >= 11 is 0. The fourth-order valence-electron chi connectivity index (χ4n) is 4.61. The Morgan fingerprint density at radius 2 is 1.88 bits per heavy atom. The molecule has 0 saturated carbocycles. The highest BCUT2D eigenvalue weighted by Crippen LogP contribution is 2.29. The third-order valence-electron chi connectivity index (χ3n) is 6.25. The Kier molecular flexibility index (Phi) is 5.83. The lowest BCUT2D eigenvalue weighted by molar-refractivity contribution is -0.274. The lowest BCUT2D eigenvalue weighted by Crippen LogP contribution is -2.24. The molecular formula is C22H24F3N5O3. The third kappa shape index (κ3) is 4.88. The molecule has 1 aromatic carbocycles. The monoisotopic (exact) mass is 463 g/mol. The minimum atomic E-state index is -4.70. The molecule has 0 amide bonds. The van der Waals surface area contributed by atoms with Gasteiger partial charge in [-0.05, 0) is 43.5 Å². The Hall–Kier alpha value is -2.92. The van der Waals surface area contributed by atoms with Gasteiger partial charge in [-0.15, -0.1) is 13.2 Å². The van der Waals surface area contributed by atoms with E-state index in [0.717, 1.165) is 37.2 Å². The number of benzene rings is 1. The predicted molar refractivity (Wildman–Crippen MR) is 112 cm³/mol. The first-order chi connectivity index (χ1) is 15.9. The molecule has 5 rings (SSSR count). The summed E-state index contributed by atoms with van der Waals surface area (Å²) in [7, 11) is 0. The maximum Gasteiger partial charge on any atom is 0.573 e. The third-order valence-corrected chi connectivity index (χ3v) is 6.25. The first-order valence-corrected chi connectivity index (χ1v) is 11.0. The number of hydrogen-bond acceptors (Lipinski definition) is 6. The normalized spacial score (nSPS) is 20.5. The average molecular weight is 463 g/mol. The van der Waals surface area contributed by atoms with Gasteiger partial charge in [0.1, 0.15) is 17.4 Å². The lowest BCUT2D eigenvalue weighted by Gasteiger charge is -2.21. The Labute approximate surface area is 187 Å². The molecule has 1 unspecified atom stereocenters. The van der Waals surface area contributed by atoms with Gasteiger partial charge in [-0.3, -0.25) is 9.69 Å². The van der Waals surface area contributed by atoms with Crippen molar-refractivity contribution < 1.29 is 22.6 Å². The number of ether oxygens (including phenoxy) is 2. The van der Waals surface area contributed by atoms with E-state index in [1.807, 2.05) is 0 Å². The van der Waals surface area contributed by atoms with E-state index < -0.39 is 6.36 Å². The summed E-state index contributed by atoms with van der Waals surface area (Å²) in [5, 5.41) is 4.75. The van der Waals surface area contributed by atoms with Crippen molar-refractivity contribution in [1.29, 1.82) is 0 Å². The molecule has 0 spiro atoms. The number of alkyl halides is 3. The maximum absolute atomic E-state index is 12.7. The van der Waals surface area contributed by atoms with Gasteiger partial charge in [-0.2, -0.15) is 5.10 Å². The van der Waals surface area contributed by atoms with Gasteiger partial charge < -0.3 is 14.5 Å². The topological polar surface area (TPSA) is 84.8 Å². The SMILES string of the molecule is O=c1[nH]c(C2CCN(Cc3ccc(OC(F)(F)F)cc3)C2)nn2c(C3CCOCC3)ncc12. The minimum Gasteiger partial charge on any atom is -0.406 e. The summed E-state index contributed by atoms with van der Waals surface area (Å²) in [5.41, 5.74) is 1.12. The number of aromatic nitrogens is 4. The summed E-state index contributed by atoms with van der Waals surface area (Å²) in [4.78, 5) is 22.3. The van der Waals surface area contributed by atoms with Crippen molar-refractivity contribution in [2.75, 3.05) is 26.3 Å². The molecule has 0 aliphatic carbocycles. The number of imidazole rings is 1.